The van der Waals surface area contributed by atoms with E-state index in [1.165, 1.54) is 23.8 Å². The maximum absolute atomic E-state index is 12.8. The van der Waals surface area contributed by atoms with Gasteiger partial charge in [0, 0.05) is 7.11 Å². The van der Waals surface area contributed by atoms with E-state index in [1.54, 1.807) is 43.3 Å². The highest BCUT2D eigenvalue weighted by Crippen LogP contribution is 2.23. The Bertz CT molecular complexity index is 1390. The van der Waals surface area contributed by atoms with E-state index >= 15 is 0 Å². The second-order valence-electron chi connectivity index (χ2n) is 7.25. The van der Waals surface area contributed by atoms with Gasteiger partial charge in [0.1, 0.15) is 5.56 Å². The van der Waals surface area contributed by atoms with Crippen molar-refractivity contribution in [2.75, 3.05) is 19.1 Å². The standard InChI is InChI=1S/C22H24N4O5S2/c1-14-4-8-17(9-5-14)33(29,30)18-10-6-16(7-11-18)25-24-15(2)19-20(27)23-22(32)26(21(19)28)12-13-31-3/h4-11,25,28H,12-13H2,1-3H3,(H,23,27,32)/b24-15+. The van der Waals surface area contributed by atoms with Gasteiger partial charge in [0.25, 0.3) is 5.56 Å². The molecule has 0 spiro atoms. The van der Waals surface area contributed by atoms with Crippen molar-refractivity contribution in [3.8, 4) is 5.88 Å². The summed E-state index contributed by atoms with van der Waals surface area (Å²) in [7, 11) is -2.12. The number of aromatic nitrogens is 2. The van der Waals surface area contributed by atoms with Crippen molar-refractivity contribution in [2.45, 2.75) is 30.2 Å². The zero-order valence-corrected chi connectivity index (χ0v) is 20.0. The van der Waals surface area contributed by atoms with Crippen LogP contribution in [0.3, 0.4) is 0 Å². The minimum absolute atomic E-state index is 0.0363. The molecule has 0 fully saturated rings. The Balaban J connectivity index is 1.84. The molecular weight excluding hydrogens is 464 g/mol. The molecule has 0 atom stereocenters. The average molecular weight is 489 g/mol. The summed E-state index contributed by atoms with van der Waals surface area (Å²) in [6.07, 6.45) is 0. The van der Waals surface area contributed by atoms with Crippen molar-refractivity contribution in [1.29, 1.82) is 0 Å². The van der Waals surface area contributed by atoms with Crippen LogP contribution in [0.2, 0.25) is 0 Å². The number of rotatable bonds is 8. The lowest BCUT2D eigenvalue weighted by molar-refractivity contribution is 0.182. The number of benzene rings is 2. The number of anilines is 1. The first-order chi connectivity index (χ1) is 15.6. The first-order valence-electron chi connectivity index (χ1n) is 9.92. The highest BCUT2D eigenvalue weighted by atomic mass is 32.2. The number of sulfone groups is 1. The van der Waals surface area contributed by atoms with E-state index in [-0.39, 0.29) is 38.3 Å². The summed E-state index contributed by atoms with van der Waals surface area (Å²) in [5.74, 6) is -0.316. The van der Waals surface area contributed by atoms with E-state index in [9.17, 15) is 18.3 Å². The van der Waals surface area contributed by atoms with Gasteiger partial charge >= 0.3 is 0 Å². The molecule has 0 unspecified atom stereocenters. The summed E-state index contributed by atoms with van der Waals surface area (Å²) >= 11 is 5.10. The van der Waals surface area contributed by atoms with Crippen LogP contribution in [-0.2, 0) is 21.1 Å². The molecule has 0 aliphatic carbocycles. The number of H-pyrrole nitrogens is 1. The van der Waals surface area contributed by atoms with Crippen molar-refractivity contribution in [3.05, 3.63) is 74.8 Å². The number of aromatic amines is 1. The van der Waals surface area contributed by atoms with Crippen LogP contribution in [0.15, 0.2) is 68.2 Å². The molecule has 0 saturated heterocycles. The van der Waals surface area contributed by atoms with Crippen LogP contribution in [0.1, 0.15) is 18.1 Å². The smallest absolute Gasteiger partial charge is 0.264 e. The van der Waals surface area contributed by atoms with Crippen molar-refractivity contribution >= 4 is 33.5 Å². The number of methoxy groups -OCH3 is 1. The van der Waals surface area contributed by atoms with Crippen LogP contribution in [0.4, 0.5) is 5.69 Å². The van der Waals surface area contributed by atoms with E-state index < -0.39 is 15.4 Å². The topological polar surface area (TPSA) is 126 Å². The minimum atomic E-state index is -3.64. The van der Waals surface area contributed by atoms with E-state index in [0.29, 0.717) is 12.3 Å². The number of nitrogens with zero attached hydrogens (tertiary/aromatic N) is 2. The van der Waals surface area contributed by atoms with Crippen LogP contribution >= 0.6 is 12.2 Å². The lowest BCUT2D eigenvalue weighted by Crippen LogP contribution is -2.23. The number of nitrogens with one attached hydrogen (secondary N) is 2. The molecule has 3 N–H and O–H groups in total. The van der Waals surface area contributed by atoms with Gasteiger partial charge in [-0.25, -0.2) is 8.42 Å². The van der Waals surface area contributed by atoms with Gasteiger partial charge in [-0.15, -0.1) is 0 Å². The molecule has 0 aliphatic rings. The number of aromatic hydroxyl groups is 1. The van der Waals surface area contributed by atoms with Gasteiger partial charge in [-0.2, -0.15) is 5.10 Å². The Morgan fingerprint density at radius 2 is 1.73 bits per heavy atom. The molecular formula is C22H24N4O5S2. The van der Waals surface area contributed by atoms with Crippen molar-refractivity contribution in [3.63, 3.8) is 0 Å². The largest absolute Gasteiger partial charge is 0.494 e. The summed E-state index contributed by atoms with van der Waals surface area (Å²) in [4.78, 5) is 15.2. The zero-order chi connectivity index (χ0) is 24.2. The van der Waals surface area contributed by atoms with Crippen molar-refractivity contribution in [1.82, 2.24) is 9.55 Å². The third-order valence-corrected chi connectivity index (χ3v) is 7.01. The predicted molar refractivity (Wildman–Crippen MR) is 128 cm³/mol. The fourth-order valence-electron chi connectivity index (χ4n) is 3.04. The summed E-state index contributed by atoms with van der Waals surface area (Å²) in [5, 5.41) is 14.7. The van der Waals surface area contributed by atoms with Gasteiger partial charge in [0.15, 0.2) is 4.77 Å². The molecule has 174 valence electrons. The zero-order valence-electron chi connectivity index (χ0n) is 18.3. The molecule has 1 heterocycles. The quantitative estimate of drug-likeness (QED) is 0.252. The second kappa shape index (κ2) is 10.1. The third kappa shape index (κ3) is 5.38. The molecule has 0 radical (unpaired) electrons. The summed E-state index contributed by atoms with van der Waals surface area (Å²) in [5.41, 5.74) is 3.84. The lowest BCUT2D eigenvalue weighted by Gasteiger charge is -2.12. The van der Waals surface area contributed by atoms with Gasteiger partial charge in [0.2, 0.25) is 15.7 Å². The van der Waals surface area contributed by atoms with Crippen molar-refractivity contribution < 1.29 is 18.3 Å². The maximum atomic E-state index is 12.8. The van der Waals surface area contributed by atoms with E-state index in [1.807, 2.05) is 6.92 Å². The molecule has 3 rings (SSSR count). The predicted octanol–water partition coefficient (Wildman–Crippen LogP) is 3.24. The molecule has 0 bridgehead atoms. The molecule has 11 heteroatoms. The van der Waals surface area contributed by atoms with Crippen LogP contribution in [0.25, 0.3) is 0 Å². The van der Waals surface area contributed by atoms with Gasteiger partial charge < -0.3 is 9.84 Å². The number of hydrogen-bond donors (Lipinski definition) is 3. The molecule has 3 aromatic rings. The average Bonchev–Trinajstić information content (AvgIpc) is 2.78. The molecule has 1 aromatic heterocycles. The van der Waals surface area contributed by atoms with Gasteiger partial charge in [0.05, 0.1) is 34.3 Å². The fourth-order valence-corrected chi connectivity index (χ4v) is 4.57. The first-order valence-corrected chi connectivity index (χ1v) is 11.8. The summed E-state index contributed by atoms with van der Waals surface area (Å²) < 4.78 is 32.0. The van der Waals surface area contributed by atoms with Crippen LogP contribution < -0.4 is 11.0 Å². The Morgan fingerprint density at radius 3 is 2.30 bits per heavy atom. The SMILES string of the molecule is COCCn1c(O)c(/C(C)=N/Nc2ccc(S(=O)(=O)c3ccc(C)cc3)cc2)c(=O)[nH]c1=S. The highest BCUT2D eigenvalue weighted by Gasteiger charge is 2.18. The van der Waals surface area contributed by atoms with E-state index in [2.05, 4.69) is 15.5 Å². The molecule has 2 aromatic carbocycles. The highest BCUT2D eigenvalue weighted by molar-refractivity contribution is 7.91. The second-order valence-corrected chi connectivity index (χ2v) is 9.59. The van der Waals surface area contributed by atoms with Crippen LogP contribution in [-0.4, -0.2) is 42.5 Å². The first kappa shape index (κ1) is 24.4. The van der Waals surface area contributed by atoms with Gasteiger partial charge in [-0.3, -0.25) is 19.8 Å². The minimum Gasteiger partial charge on any atom is -0.494 e. The molecule has 9 nitrogen and oxygen atoms in total. The van der Waals surface area contributed by atoms with Crippen LogP contribution in [0, 0.1) is 11.7 Å². The lowest BCUT2D eigenvalue weighted by atomic mass is 10.2. The summed E-state index contributed by atoms with van der Waals surface area (Å²) in [6, 6.07) is 12.7. The summed E-state index contributed by atoms with van der Waals surface area (Å²) in [6.45, 7) is 3.98. The van der Waals surface area contributed by atoms with Crippen molar-refractivity contribution in [2.24, 2.45) is 5.10 Å². The number of aryl methyl sites for hydroxylation is 1. The molecule has 0 aliphatic heterocycles. The van der Waals surface area contributed by atoms with E-state index in [4.69, 9.17) is 17.0 Å². The van der Waals surface area contributed by atoms with Crippen LogP contribution in [0.5, 0.6) is 5.88 Å². The monoisotopic (exact) mass is 488 g/mol. The third-order valence-electron chi connectivity index (χ3n) is 4.90. The number of hydrazone groups is 1. The molecule has 33 heavy (non-hydrogen) atoms. The normalized spacial score (nSPS) is 12.0. The Kier molecular flexibility index (Phi) is 7.46. The molecule has 0 saturated carbocycles. The number of hydrogen-bond acceptors (Lipinski definition) is 8. The van der Waals surface area contributed by atoms with Gasteiger partial charge in [-0.1, -0.05) is 17.7 Å². The van der Waals surface area contributed by atoms with E-state index in [0.717, 1.165) is 5.56 Å². The maximum Gasteiger partial charge on any atom is 0.264 e. The Hall–Kier alpha value is -3.28. The Morgan fingerprint density at radius 1 is 1.15 bits per heavy atom. The van der Waals surface area contributed by atoms with Gasteiger partial charge in [-0.05, 0) is 62.5 Å². The fraction of sp³-hybridized carbons (Fsp3) is 0.227. The Labute approximate surface area is 196 Å². The molecule has 0 amide bonds. The number of ether oxygens (including phenoxy) is 1.